The number of benzene rings is 1. The highest BCUT2D eigenvalue weighted by atomic mass is 32.2. The molecule has 0 unspecified atom stereocenters. The molecule has 7 nitrogen and oxygen atoms in total. The van der Waals surface area contributed by atoms with Gasteiger partial charge in [-0.2, -0.15) is 4.31 Å². The summed E-state index contributed by atoms with van der Waals surface area (Å²) in [5.41, 5.74) is 0. The molecule has 9 heteroatoms. The van der Waals surface area contributed by atoms with Crippen LogP contribution in [0.1, 0.15) is 6.92 Å². The SMILES string of the molecule is COc1ccc(S(C)(=O)=O)cc1S(=O)(=O)N1CCNC[C@H]1C. The molecule has 0 aliphatic carbocycles. The van der Waals surface area contributed by atoms with E-state index in [4.69, 9.17) is 4.74 Å². The molecule has 1 saturated heterocycles. The Balaban J connectivity index is 2.58. The van der Waals surface area contributed by atoms with E-state index in [1.54, 1.807) is 6.92 Å². The third-order valence-electron chi connectivity index (χ3n) is 3.59. The van der Waals surface area contributed by atoms with Crippen molar-refractivity contribution in [2.45, 2.75) is 22.8 Å². The van der Waals surface area contributed by atoms with Crippen molar-refractivity contribution in [1.29, 1.82) is 0 Å². The van der Waals surface area contributed by atoms with Crippen molar-refractivity contribution in [2.24, 2.45) is 0 Å². The Bertz CT molecular complexity index is 759. The number of hydrogen-bond donors (Lipinski definition) is 1. The van der Waals surface area contributed by atoms with Gasteiger partial charge in [0.25, 0.3) is 0 Å². The summed E-state index contributed by atoms with van der Waals surface area (Å²) in [5.74, 6) is 0.137. The summed E-state index contributed by atoms with van der Waals surface area (Å²) in [5, 5.41) is 3.12. The van der Waals surface area contributed by atoms with E-state index >= 15 is 0 Å². The zero-order valence-electron chi connectivity index (χ0n) is 12.7. The molecule has 2 rings (SSSR count). The van der Waals surface area contributed by atoms with Crippen molar-refractivity contribution in [2.75, 3.05) is 33.0 Å². The fraction of sp³-hybridized carbons (Fsp3) is 0.538. The van der Waals surface area contributed by atoms with E-state index in [1.165, 1.54) is 23.5 Å². The van der Waals surface area contributed by atoms with Crippen LogP contribution in [0.2, 0.25) is 0 Å². The molecular weight excluding hydrogens is 328 g/mol. The van der Waals surface area contributed by atoms with Crippen molar-refractivity contribution in [3.63, 3.8) is 0 Å². The van der Waals surface area contributed by atoms with Gasteiger partial charge in [-0.25, -0.2) is 16.8 Å². The number of nitrogens with one attached hydrogen (secondary N) is 1. The first kappa shape index (κ1) is 17.2. The first-order valence-electron chi connectivity index (χ1n) is 6.78. The second-order valence-electron chi connectivity index (χ2n) is 5.25. The lowest BCUT2D eigenvalue weighted by Gasteiger charge is -2.33. The predicted octanol–water partition coefficient (Wildman–Crippen LogP) is 0.0811. The lowest BCUT2D eigenvalue weighted by atomic mass is 10.3. The summed E-state index contributed by atoms with van der Waals surface area (Å²) in [7, 11) is -5.98. The normalized spacial score (nSPS) is 20.8. The fourth-order valence-corrected chi connectivity index (χ4v) is 4.93. The van der Waals surface area contributed by atoms with Gasteiger partial charge < -0.3 is 10.1 Å². The van der Waals surface area contributed by atoms with Gasteiger partial charge in [-0.05, 0) is 25.1 Å². The van der Waals surface area contributed by atoms with Crippen molar-refractivity contribution in [1.82, 2.24) is 9.62 Å². The van der Waals surface area contributed by atoms with Gasteiger partial charge in [0.2, 0.25) is 10.0 Å². The molecule has 0 aromatic heterocycles. The molecule has 0 amide bonds. The van der Waals surface area contributed by atoms with Gasteiger partial charge in [0.05, 0.1) is 12.0 Å². The maximum atomic E-state index is 12.9. The van der Waals surface area contributed by atoms with Crippen molar-refractivity contribution in [3.05, 3.63) is 18.2 Å². The minimum atomic E-state index is -3.83. The van der Waals surface area contributed by atoms with Gasteiger partial charge in [0.15, 0.2) is 9.84 Å². The molecule has 0 radical (unpaired) electrons. The number of rotatable bonds is 4. The van der Waals surface area contributed by atoms with Crippen LogP contribution in [0.25, 0.3) is 0 Å². The first-order valence-corrected chi connectivity index (χ1v) is 10.1. The van der Waals surface area contributed by atoms with E-state index < -0.39 is 19.9 Å². The number of piperazine rings is 1. The second kappa shape index (κ2) is 6.15. The summed E-state index contributed by atoms with van der Waals surface area (Å²) in [6.07, 6.45) is 1.04. The van der Waals surface area contributed by atoms with Crippen LogP contribution in [0.5, 0.6) is 5.75 Å². The molecule has 1 fully saturated rings. The largest absolute Gasteiger partial charge is 0.495 e. The zero-order valence-corrected chi connectivity index (χ0v) is 14.4. The molecule has 0 saturated carbocycles. The third kappa shape index (κ3) is 3.27. The van der Waals surface area contributed by atoms with Crippen molar-refractivity contribution >= 4 is 19.9 Å². The van der Waals surface area contributed by atoms with E-state index in [9.17, 15) is 16.8 Å². The molecule has 1 N–H and O–H groups in total. The molecule has 1 atom stereocenters. The minimum absolute atomic E-state index is 0.0466. The van der Waals surface area contributed by atoms with E-state index in [0.29, 0.717) is 19.6 Å². The van der Waals surface area contributed by atoms with Gasteiger partial charge in [-0.15, -0.1) is 0 Å². The topological polar surface area (TPSA) is 92.8 Å². The smallest absolute Gasteiger partial charge is 0.247 e. The van der Waals surface area contributed by atoms with Crippen LogP contribution in [0.15, 0.2) is 28.0 Å². The Morgan fingerprint density at radius 1 is 1.27 bits per heavy atom. The van der Waals surface area contributed by atoms with E-state index in [0.717, 1.165) is 12.3 Å². The molecule has 1 aliphatic rings. The Labute approximate surface area is 131 Å². The lowest BCUT2D eigenvalue weighted by molar-refractivity contribution is 0.282. The summed E-state index contributed by atoms with van der Waals surface area (Å²) < 4.78 is 55.6. The molecule has 22 heavy (non-hydrogen) atoms. The number of ether oxygens (including phenoxy) is 1. The Morgan fingerprint density at radius 3 is 2.50 bits per heavy atom. The summed E-state index contributed by atoms with van der Waals surface area (Å²) in [4.78, 5) is -0.165. The summed E-state index contributed by atoms with van der Waals surface area (Å²) in [6, 6.07) is 3.66. The van der Waals surface area contributed by atoms with Crippen LogP contribution in [0.3, 0.4) is 0 Å². The molecule has 1 aromatic carbocycles. The Morgan fingerprint density at radius 2 is 1.95 bits per heavy atom. The zero-order chi connectivity index (χ0) is 16.5. The summed E-state index contributed by atoms with van der Waals surface area (Å²) >= 11 is 0. The maximum Gasteiger partial charge on any atom is 0.247 e. The van der Waals surface area contributed by atoms with Gasteiger partial charge in [-0.3, -0.25) is 0 Å². The molecule has 0 spiro atoms. The number of nitrogens with zero attached hydrogens (tertiary/aromatic N) is 1. The molecule has 0 bridgehead atoms. The minimum Gasteiger partial charge on any atom is -0.495 e. The van der Waals surface area contributed by atoms with E-state index in [1.807, 2.05) is 0 Å². The first-order chi connectivity index (χ1) is 10.2. The number of hydrogen-bond acceptors (Lipinski definition) is 6. The molecule has 1 aromatic rings. The Kier molecular flexibility index (Phi) is 4.81. The molecular formula is C13H20N2O5S2. The highest BCUT2D eigenvalue weighted by Gasteiger charge is 2.33. The van der Waals surface area contributed by atoms with Crippen LogP contribution >= 0.6 is 0 Å². The monoisotopic (exact) mass is 348 g/mol. The van der Waals surface area contributed by atoms with Crippen LogP contribution in [0, 0.1) is 0 Å². The van der Waals surface area contributed by atoms with Gasteiger partial charge >= 0.3 is 0 Å². The van der Waals surface area contributed by atoms with E-state index in [2.05, 4.69) is 5.32 Å². The van der Waals surface area contributed by atoms with Crippen molar-refractivity contribution in [3.8, 4) is 5.75 Å². The standard InChI is InChI=1S/C13H20N2O5S2/c1-10-9-14-6-7-15(10)22(18,19)13-8-11(21(3,16)17)4-5-12(13)20-2/h4-5,8,10,14H,6-7,9H2,1-3H3/t10-/m1/s1. The van der Waals surface area contributed by atoms with E-state index in [-0.39, 0.29) is 21.6 Å². The number of sulfone groups is 1. The highest BCUT2D eigenvalue weighted by Crippen LogP contribution is 2.30. The van der Waals surface area contributed by atoms with Crippen LogP contribution in [-0.4, -0.2) is 60.2 Å². The Hall–Kier alpha value is -1.16. The average molecular weight is 348 g/mol. The molecule has 1 heterocycles. The van der Waals surface area contributed by atoms with Gasteiger partial charge in [0.1, 0.15) is 10.6 Å². The quantitative estimate of drug-likeness (QED) is 0.828. The van der Waals surface area contributed by atoms with Crippen LogP contribution in [-0.2, 0) is 19.9 Å². The fourth-order valence-electron chi connectivity index (χ4n) is 2.40. The maximum absolute atomic E-state index is 12.9. The summed E-state index contributed by atoms with van der Waals surface area (Å²) in [6.45, 7) is 3.23. The number of sulfonamides is 1. The number of methoxy groups -OCH3 is 1. The van der Waals surface area contributed by atoms with Crippen LogP contribution < -0.4 is 10.1 Å². The average Bonchev–Trinajstić information content (AvgIpc) is 2.45. The van der Waals surface area contributed by atoms with Crippen molar-refractivity contribution < 1.29 is 21.6 Å². The molecule has 1 aliphatic heterocycles. The van der Waals surface area contributed by atoms with Crippen LogP contribution in [0.4, 0.5) is 0 Å². The predicted molar refractivity (Wildman–Crippen MR) is 82.3 cm³/mol. The molecule has 124 valence electrons. The van der Waals surface area contributed by atoms with Gasteiger partial charge in [-0.1, -0.05) is 0 Å². The second-order valence-corrected chi connectivity index (χ2v) is 9.13. The highest BCUT2D eigenvalue weighted by molar-refractivity contribution is 7.91. The third-order valence-corrected chi connectivity index (χ3v) is 6.74. The van der Waals surface area contributed by atoms with Gasteiger partial charge in [0, 0.05) is 31.9 Å². The lowest BCUT2D eigenvalue weighted by Crippen LogP contribution is -2.52.